The number of rotatable bonds is 12. The first kappa shape index (κ1) is 25.1. The highest BCUT2D eigenvalue weighted by Gasteiger charge is 2.13. The second kappa shape index (κ2) is 12.1. The molecule has 0 fully saturated rings. The number of aliphatic hydroxyl groups excluding tert-OH is 2. The molecule has 2 atom stereocenters. The van der Waals surface area contributed by atoms with E-state index in [0.717, 1.165) is 5.56 Å². The van der Waals surface area contributed by atoms with E-state index < -0.39 is 11.0 Å². The third-order valence-corrected chi connectivity index (χ3v) is 5.58. The molecule has 0 amide bonds. The van der Waals surface area contributed by atoms with Gasteiger partial charge in [-0.05, 0) is 48.4 Å². The van der Waals surface area contributed by atoms with Crippen molar-refractivity contribution < 1.29 is 24.6 Å². The summed E-state index contributed by atoms with van der Waals surface area (Å²) >= 11 is 0. The van der Waals surface area contributed by atoms with Crippen LogP contribution >= 0.6 is 0 Å². The highest BCUT2D eigenvalue weighted by atomic mass is 16.6. The van der Waals surface area contributed by atoms with Gasteiger partial charge in [-0.3, -0.25) is 15.1 Å². The SMILES string of the molecule is O=[N+]([O-])c1ccc2nccc(Oc3ccc(C[C@@H](CO)NC[C@H](O)COc4ccccc4)cc3)c2c1. The molecule has 0 aliphatic rings. The maximum absolute atomic E-state index is 11.1. The van der Waals surface area contributed by atoms with E-state index in [2.05, 4.69) is 10.3 Å². The third-order valence-electron chi connectivity index (χ3n) is 5.58. The van der Waals surface area contributed by atoms with Gasteiger partial charge < -0.3 is 25.0 Å². The molecule has 4 aromatic rings. The third kappa shape index (κ3) is 6.76. The van der Waals surface area contributed by atoms with Crippen LogP contribution in [-0.2, 0) is 6.42 Å². The van der Waals surface area contributed by atoms with Gasteiger partial charge in [0, 0.05) is 36.3 Å². The van der Waals surface area contributed by atoms with Gasteiger partial charge in [-0.25, -0.2) is 0 Å². The molecule has 186 valence electrons. The number of aliphatic hydroxyl groups is 2. The molecule has 1 aromatic heterocycles. The first-order valence-electron chi connectivity index (χ1n) is 11.5. The van der Waals surface area contributed by atoms with E-state index in [-0.39, 0.29) is 31.5 Å². The van der Waals surface area contributed by atoms with Crippen molar-refractivity contribution in [3.05, 3.63) is 101 Å². The van der Waals surface area contributed by atoms with Gasteiger partial charge in [0.15, 0.2) is 0 Å². The van der Waals surface area contributed by atoms with E-state index in [1.807, 2.05) is 42.5 Å². The van der Waals surface area contributed by atoms with Gasteiger partial charge in [0.1, 0.15) is 30.0 Å². The quantitative estimate of drug-likeness (QED) is 0.202. The average Bonchev–Trinajstić information content (AvgIpc) is 2.91. The summed E-state index contributed by atoms with van der Waals surface area (Å²) in [6.07, 6.45) is 1.42. The van der Waals surface area contributed by atoms with Gasteiger partial charge >= 0.3 is 0 Å². The summed E-state index contributed by atoms with van der Waals surface area (Å²) in [5.41, 5.74) is 1.54. The highest BCUT2D eigenvalue weighted by molar-refractivity contribution is 5.87. The summed E-state index contributed by atoms with van der Waals surface area (Å²) in [6.45, 7) is 0.334. The molecule has 0 aliphatic carbocycles. The van der Waals surface area contributed by atoms with Crippen LogP contribution in [0, 0.1) is 10.1 Å². The molecule has 3 N–H and O–H groups in total. The molecule has 9 heteroatoms. The van der Waals surface area contributed by atoms with Gasteiger partial charge in [-0.2, -0.15) is 0 Å². The van der Waals surface area contributed by atoms with Crippen LogP contribution in [-0.4, -0.2) is 52.0 Å². The largest absolute Gasteiger partial charge is 0.491 e. The Kier molecular flexibility index (Phi) is 8.40. The number of pyridine rings is 1. The number of nitro groups is 1. The van der Waals surface area contributed by atoms with Crippen LogP contribution in [0.4, 0.5) is 5.69 Å². The molecule has 0 radical (unpaired) electrons. The van der Waals surface area contributed by atoms with E-state index >= 15 is 0 Å². The number of fused-ring (bicyclic) bond motifs is 1. The van der Waals surface area contributed by atoms with E-state index in [4.69, 9.17) is 9.47 Å². The Balaban J connectivity index is 1.32. The van der Waals surface area contributed by atoms with Crippen LogP contribution in [0.3, 0.4) is 0 Å². The van der Waals surface area contributed by atoms with Crippen molar-refractivity contribution in [3.63, 3.8) is 0 Å². The lowest BCUT2D eigenvalue weighted by Crippen LogP contribution is -2.41. The Morgan fingerprint density at radius 2 is 1.78 bits per heavy atom. The maximum atomic E-state index is 11.1. The first-order valence-corrected chi connectivity index (χ1v) is 11.5. The van der Waals surface area contributed by atoms with Crippen molar-refractivity contribution in [1.82, 2.24) is 10.3 Å². The molecule has 0 aliphatic heterocycles. The van der Waals surface area contributed by atoms with Crippen molar-refractivity contribution in [2.75, 3.05) is 19.8 Å². The van der Waals surface area contributed by atoms with Crippen LogP contribution in [0.2, 0.25) is 0 Å². The lowest BCUT2D eigenvalue weighted by molar-refractivity contribution is -0.384. The van der Waals surface area contributed by atoms with E-state index in [1.165, 1.54) is 12.1 Å². The smallest absolute Gasteiger partial charge is 0.270 e. The number of benzene rings is 3. The number of ether oxygens (including phenoxy) is 2. The van der Waals surface area contributed by atoms with Crippen LogP contribution in [0.5, 0.6) is 17.2 Å². The number of non-ortho nitro benzene ring substituents is 1. The van der Waals surface area contributed by atoms with Crippen molar-refractivity contribution >= 4 is 16.6 Å². The molecular formula is C27H27N3O6. The zero-order valence-corrected chi connectivity index (χ0v) is 19.5. The number of nitro benzene ring substituents is 1. The number of hydrogen-bond acceptors (Lipinski definition) is 8. The molecule has 0 saturated heterocycles. The van der Waals surface area contributed by atoms with E-state index in [0.29, 0.717) is 34.6 Å². The van der Waals surface area contributed by atoms with Gasteiger partial charge in [-0.15, -0.1) is 0 Å². The van der Waals surface area contributed by atoms with Gasteiger partial charge in [0.25, 0.3) is 5.69 Å². The molecule has 9 nitrogen and oxygen atoms in total. The second-order valence-electron chi connectivity index (χ2n) is 8.28. The lowest BCUT2D eigenvalue weighted by atomic mass is 10.1. The molecular weight excluding hydrogens is 462 g/mol. The summed E-state index contributed by atoms with van der Waals surface area (Å²) in [6, 6.07) is 22.5. The first-order chi connectivity index (χ1) is 17.5. The van der Waals surface area contributed by atoms with E-state index in [9.17, 15) is 20.3 Å². The van der Waals surface area contributed by atoms with Crippen LogP contribution < -0.4 is 14.8 Å². The summed E-state index contributed by atoms with van der Waals surface area (Å²) in [7, 11) is 0. The van der Waals surface area contributed by atoms with Gasteiger partial charge in [0.05, 0.1) is 17.0 Å². The van der Waals surface area contributed by atoms with Crippen molar-refractivity contribution in [2.45, 2.75) is 18.6 Å². The van der Waals surface area contributed by atoms with Crippen LogP contribution in [0.1, 0.15) is 5.56 Å². The molecule has 4 rings (SSSR count). The normalized spacial score (nSPS) is 12.7. The standard InChI is InChI=1S/C27H27N3O6/c31-17-20(29-16-22(32)18-35-23-4-2-1-3-5-23)14-19-6-9-24(10-7-19)36-27-12-13-28-26-11-8-21(30(33)34)15-25(26)27/h1-13,15,20,22,29,31-32H,14,16-18H2/t20-,22-/m0/s1. The molecule has 3 aromatic carbocycles. The Morgan fingerprint density at radius 3 is 2.50 bits per heavy atom. The molecule has 0 bridgehead atoms. The Morgan fingerprint density at radius 1 is 1.00 bits per heavy atom. The number of aromatic nitrogens is 1. The summed E-state index contributed by atoms with van der Waals surface area (Å²) in [4.78, 5) is 14.9. The maximum Gasteiger partial charge on any atom is 0.270 e. The van der Waals surface area contributed by atoms with Gasteiger partial charge in [0.2, 0.25) is 0 Å². The Hall–Kier alpha value is -4.05. The molecule has 0 saturated carbocycles. The monoisotopic (exact) mass is 489 g/mol. The minimum atomic E-state index is -0.721. The van der Waals surface area contributed by atoms with Crippen molar-refractivity contribution in [2.24, 2.45) is 0 Å². The van der Waals surface area contributed by atoms with E-state index in [1.54, 1.807) is 30.5 Å². The lowest BCUT2D eigenvalue weighted by Gasteiger charge is -2.19. The van der Waals surface area contributed by atoms with Crippen LogP contribution in [0.25, 0.3) is 10.9 Å². The average molecular weight is 490 g/mol. The number of nitrogens with one attached hydrogen (secondary N) is 1. The Labute approximate surface area is 208 Å². The van der Waals surface area contributed by atoms with Crippen LogP contribution in [0.15, 0.2) is 85.1 Å². The molecule has 0 unspecified atom stereocenters. The second-order valence-corrected chi connectivity index (χ2v) is 8.28. The predicted octanol–water partition coefficient (Wildman–Crippen LogP) is 3.87. The minimum Gasteiger partial charge on any atom is -0.491 e. The zero-order chi connectivity index (χ0) is 25.3. The minimum absolute atomic E-state index is 0.0324. The molecule has 0 spiro atoms. The molecule has 36 heavy (non-hydrogen) atoms. The van der Waals surface area contributed by atoms with Gasteiger partial charge in [-0.1, -0.05) is 30.3 Å². The Bertz CT molecular complexity index is 1280. The number of para-hydroxylation sites is 1. The van der Waals surface area contributed by atoms with Crippen molar-refractivity contribution in [3.8, 4) is 17.2 Å². The number of nitrogens with zero attached hydrogens (tertiary/aromatic N) is 2. The fourth-order valence-corrected chi connectivity index (χ4v) is 3.69. The molecule has 1 heterocycles. The predicted molar refractivity (Wildman–Crippen MR) is 135 cm³/mol. The summed E-state index contributed by atoms with van der Waals surface area (Å²) in [5, 5.41) is 34.8. The topological polar surface area (TPSA) is 127 Å². The fourth-order valence-electron chi connectivity index (χ4n) is 3.69. The summed E-state index contributed by atoms with van der Waals surface area (Å²) < 4.78 is 11.5. The summed E-state index contributed by atoms with van der Waals surface area (Å²) in [5.74, 6) is 1.73. The zero-order valence-electron chi connectivity index (χ0n) is 19.5. The number of hydrogen-bond donors (Lipinski definition) is 3. The fraction of sp³-hybridized carbons (Fsp3) is 0.222. The highest BCUT2D eigenvalue weighted by Crippen LogP contribution is 2.31. The van der Waals surface area contributed by atoms with Crippen molar-refractivity contribution in [1.29, 1.82) is 0 Å².